The Kier molecular flexibility index (Phi) is 50.2. The summed E-state index contributed by atoms with van der Waals surface area (Å²) in [5.41, 5.74) is -4.61. The molecule has 0 bridgehead atoms. The first-order valence-corrected chi connectivity index (χ1v) is 39.0. The fourth-order valence-corrected chi connectivity index (χ4v) is 11.4. The Balaban J connectivity index is 0. The van der Waals surface area contributed by atoms with Crippen LogP contribution in [0.1, 0.15) is 267 Å². The summed E-state index contributed by atoms with van der Waals surface area (Å²) in [6.07, 6.45) is 18.3. The number of aliphatic hydroxyl groups is 5. The van der Waals surface area contributed by atoms with Gasteiger partial charge in [-0.05, 0) is 232 Å². The van der Waals surface area contributed by atoms with Crippen molar-refractivity contribution >= 4 is 87.0 Å². The van der Waals surface area contributed by atoms with Crippen molar-refractivity contribution in [1.82, 2.24) is 25.8 Å². The third-order valence-corrected chi connectivity index (χ3v) is 17.7. The highest BCUT2D eigenvalue weighted by atomic mass is 16.7. The van der Waals surface area contributed by atoms with Crippen molar-refractivity contribution < 1.29 is 131 Å². The molecule has 5 saturated carbocycles. The van der Waals surface area contributed by atoms with Crippen molar-refractivity contribution in [3.8, 4) is 0 Å². The van der Waals surface area contributed by atoms with Gasteiger partial charge in [-0.15, -0.1) is 0 Å². The zero-order valence-electron chi connectivity index (χ0n) is 70.8. The summed E-state index contributed by atoms with van der Waals surface area (Å²) in [5, 5.41) is 52.3. The highest BCUT2D eigenvalue weighted by Gasteiger charge is 2.46. The average molecular weight is 1610 g/mol. The number of nitrogens with one attached hydrogen (secondary N) is 3. The van der Waals surface area contributed by atoms with Crippen LogP contribution < -0.4 is 16.0 Å². The number of carbonyl (C=O) groups is 14. The summed E-state index contributed by atoms with van der Waals surface area (Å²) in [6, 6.07) is -0.919. The number of rotatable bonds is 17. The summed E-state index contributed by atoms with van der Waals surface area (Å²) < 4.78 is 40.4. The molecule has 0 aromatic carbocycles. The van der Waals surface area contributed by atoms with Gasteiger partial charge in [-0.1, -0.05) is 40.0 Å². The number of likely N-dealkylation sites (tertiary alicyclic amines) is 1. The van der Waals surface area contributed by atoms with E-state index in [0.29, 0.717) is 62.3 Å². The first-order valence-electron chi connectivity index (χ1n) is 39.0. The quantitative estimate of drug-likeness (QED) is 0.0381. The fraction of sp³-hybridized carbons (Fsp3) is 0.825. The number of carbonyl (C=O) groups excluding carboxylic acids is 14. The van der Waals surface area contributed by atoms with E-state index in [2.05, 4.69) is 29.8 Å². The molecule has 0 aromatic rings. The highest BCUT2D eigenvalue weighted by molar-refractivity contribution is 5.78. The number of hydrogen-bond donors (Lipinski definition) is 8. The third-order valence-electron chi connectivity index (χ3n) is 17.7. The van der Waals surface area contributed by atoms with Gasteiger partial charge in [-0.3, -0.25) is 9.80 Å². The number of hydrogen-bond acceptors (Lipinski definition) is 27. The predicted octanol–water partition coefficient (Wildman–Crippen LogP) is 9.72. The topological polar surface area (TPSA) is 457 Å². The summed E-state index contributed by atoms with van der Waals surface area (Å²) >= 11 is 0. The maximum atomic E-state index is 11.9. The van der Waals surface area contributed by atoms with Gasteiger partial charge in [0, 0.05) is 50.2 Å². The van der Waals surface area contributed by atoms with E-state index >= 15 is 0 Å². The van der Waals surface area contributed by atoms with E-state index < -0.39 is 113 Å². The second kappa shape index (κ2) is 52.5. The number of amides is 5. The van der Waals surface area contributed by atoms with E-state index in [4.69, 9.17) is 63.1 Å². The lowest BCUT2D eigenvalue weighted by Gasteiger charge is -2.37. The Bertz CT molecular complexity index is 2770. The molecule has 3 heterocycles. The molecule has 10 unspecified atom stereocenters. The van der Waals surface area contributed by atoms with Crippen molar-refractivity contribution in [2.24, 2.45) is 35.5 Å². The summed E-state index contributed by atoms with van der Waals surface area (Å²) in [5.74, 6) is 3.13. The lowest BCUT2D eigenvalue weighted by molar-refractivity contribution is -0.338. The minimum atomic E-state index is -1.31. The largest absolute Gasteiger partial charge is 0.444 e. The molecule has 0 spiro atoms. The van der Waals surface area contributed by atoms with E-state index in [1.54, 1.807) is 76.2 Å². The van der Waals surface area contributed by atoms with Gasteiger partial charge in [0.1, 0.15) is 109 Å². The van der Waals surface area contributed by atoms with Crippen molar-refractivity contribution in [3.63, 3.8) is 0 Å². The standard InChI is InChI=1S/C11H19NO4.2C11H19NO3.C10H17NO3.C8H15NO3.C8H14O.C7H12O.C6H12O6.C6H10O2.C2H4O/c1-10(2,3)16-9(14)12-8(6-13)7-15-11(12,4)5;1-8-5-9(7-13)12(6-8)10(14)15-11(2,3)4;1-11(2,3)15-10(14)12-9(6-7-13)8-4-5-8;1-9(2,3)14-8(13)11-10(7-12)5-4-6-10;1-8(2,3)12-7(11)9-5-4-6-10;1-6-3-8(5-9)4-7(6)2;8-6-7-4-2-1-3-5-7;7-1-3-5(9)12-4(2-8)6(10)11-3;7-5-4-6(8)2-1-3-6;1-2-3/h6,8H,7H2,1-5H3;7-9H,5-6H2,1-4H3;7-9H,4-6H2,1-3H3,(H,12,14);7H,4-6H2,1-3H3,(H,11,13);6H,4-5H2,1-3H3,(H,9,11);5-8H,3-4H2,1-2H3;6-7H,1-5H2;3-10H,1-2H2;5,8H,1-4H2;2H,1H3. The van der Waals surface area contributed by atoms with Crippen molar-refractivity contribution in [1.29, 1.82) is 0 Å². The second-order valence-electron chi connectivity index (χ2n) is 34.7. The number of aldehydes is 9. The first kappa shape index (κ1) is 107. The SMILES string of the molecule is CC(C)(C)OC(=O)N1C(C=O)COC1(C)C.CC(C)(C)OC(=O)NC(CC=O)C1CC1.CC(C)(C)OC(=O)NC1(C=O)CCC1.CC(C)(C)OC(=O)NCCC=O.CC1CC(C=O)CC1C.CC1CC(C=O)N(C(=O)OC(C)(C)C)C1.CC=O.O=CC1CCCCC1.O=CCC1(O)CCC1.OCC1OC(O)C(CO)OC1O. The Hall–Kier alpha value is -6.94. The molecule has 0 radical (unpaired) electrons. The van der Waals surface area contributed by atoms with Crippen LogP contribution in [0.3, 0.4) is 0 Å². The van der Waals surface area contributed by atoms with Crippen molar-refractivity contribution in [3.05, 3.63) is 0 Å². The van der Waals surface area contributed by atoms with Crippen LogP contribution in [0, 0.1) is 35.5 Å². The molecule has 5 amide bonds. The predicted molar refractivity (Wildman–Crippen MR) is 415 cm³/mol. The summed E-state index contributed by atoms with van der Waals surface area (Å²) in [4.78, 5) is 152. The van der Waals surface area contributed by atoms with Crippen molar-refractivity contribution in [2.75, 3.05) is 32.9 Å². The molecule has 5 aliphatic carbocycles. The first-order chi connectivity index (χ1) is 51.8. The molecule has 3 saturated heterocycles. The van der Waals surface area contributed by atoms with E-state index in [0.717, 1.165) is 146 Å². The molecule has 8 aliphatic rings. The van der Waals surface area contributed by atoms with Crippen LogP contribution in [-0.2, 0) is 81.0 Å². The minimum Gasteiger partial charge on any atom is -0.444 e. The Labute approximate surface area is 664 Å². The summed E-state index contributed by atoms with van der Waals surface area (Å²) in [7, 11) is 0. The Morgan fingerprint density at radius 3 is 1.33 bits per heavy atom. The van der Waals surface area contributed by atoms with Gasteiger partial charge >= 0.3 is 30.5 Å². The fourth-order valence-electron chi connectivity index (χ4n) is 11.4. The molecular formula is C80H141N5O27. The highest BCUT2D eigenvalue weighted by Crippen LogP contribution is 2.36. The molecule has 0 aromatic heterocycles. The number of alkyl carbamates (subject to hydrolysis) is 3. The monoisotopic (exact) mass is 1600 g/mol. The number of aliphatic hydroxyl groups excluding tert-OH is 4. The lowest BCUT2D eigenvalue weighted by atomic mass is 9.78. The van der Waals surface area contributed by atoms with Crippen LogP contribution in [0.5, 0.6) is 0 Å². The Morgan fingerprint density at radius 1 is 0.545 bits per heavy atom. The molecule has 8 rings (SSSR count). The normalized spacial score (nSPS) is 24.6. The average Bonchev–Trinajstić information content (AvgIpc) is 1.05. The van der Waals surface area contributed by atoms with Gasteiger partial charge in [-0.2, -0.15) is 0 Å². The molecule has 8 fully saturated rings. The zero-order valence-corrected chi connectivity index (χ0v) is 70.8. The molecule has 8 N–H and O–H groups in total. The van der Waals surface area contributed by atoms with Crippen LogP contribution in [-0.4, -0.2) is 243 Å². The number of ether oxygens (including phenoxy) is 8. The smallest absolute Gasteiger partial charge is 0.413 e. The minimum absolute atomic E-state index is 0.0441. The second-order valence-corrected chi connectivity index (χ2v) is 34.7. The number of nitrogens with zero attached hydrogens (tertiary/aromatic N) is 2. The van der Waals surface area contributed by atoms with Crippen LogP contribution in [0.25, 0.3) is 0 Å². The van der Waals surface area contributed by atoms with Gasteiger partial charge < -0.3 is 123 Å². The molecule has 112 heavy (non-hydrogen) atoms. The van der Waals surface area contributed by atoms with Gasteiger partial charge in [0.05, 0.1) is 37.0 Å². The van der Waals surface area contributed by atoms with Crippen LogP contribution in [0.4, 0.5) is 24.0 Å². The van der Waals surface area contributed by atoms with E-state index in [1.807, 2.05) is 48.5 Å². The van der Waals surface area contributed by atoms with Gasteiger partial charge in [0.25, 0.3) is 0 Å². The van der Waals surface area contributed by atoms with Crippen LogP contribution in [0.15, 0.2) is 0 Å². The Morgan fingerprint density at radius 2 is 0.991 bits per heavy atom. The zero-order chi connectivity index (χ0) is 86.7. The third kappa shape index (κ3) is 48.3. The molecule has 32 heteroatoms. The molecule has 3 aliphatic heterocycles. The lowest BCUT2D eigenvalue weighted by Crippen LogP contribution is -2.55. The molecule has 10 atom stereocenters. The van der Waals surface area contributed by atoms with Crippen LogP contribution >= 0.6 is 0 Å². The van der Waals surface area contributed by atoms with Crippen LogP contribution in [0.2, 0.25) is 0 Å². The molecular weight excluding hydrogens is 1460 g/mol. The maximum absolute atomic E-state index is 11.9. The maximum Gasteiger partial charge on any atom is 0.413 e. The van der Waals surface area contributed by atoms with E-state index in [-0.39, 0.29) is 24.8 Å². The van der Waals surface area contributed by atoms with E-state index in [1.165, 1.54) is 36.0 Å². The van der Waals surface area contributed by atoms with Gasteiger partial charge in [0.2, 0.25) is 0 Å². The van der Waals surface area contributed by atoms with Gasteiger partial charge in [0.15, 0.2) is 12.6 Å². The molecule has 648 valence electrons. The van der Waals surface area contributed by atoms with Crippen molar-refractivity contribution in [2.45, 2.75) is 355 Å². The van der Waals surface area contributed by atoms with E-state index in [9.17, 15) is 67.4 Å². The van der Waals surface area contributed by atoms with Gasteiger partial charge in [-0.25, -0.2) is 24.0 Å². The molecule has 32 nitrogen and oxygen atoms in total. The summed E-state index contributed by atoms with van der Waals surface area (Å²) in [6.45, 7) is 38.7.